The smallest absolute Gasteiger partial charge is 0.164 e. The molecule has 120 valence electrons. The molecule has 0 saturated heterocycles. The molecule has 0 unspecified atom stereocenters. The molecule has 4 aromatic rings. The summed E-state index contributed by atoms with van der Waals surface area (Å²) in [4.78, 5) is 13.6. The number of benzene rings is 1. The average molecular weight is 319 g/mol. The lowest BCUT2D eigenvalue weighted by Gasteiger charge is -2.07. The zero-order valence-corrected chi connectivity index (χ0v) is 13.5. The summed E-state index contributed by atoms with van der Waals surface area (Å²) in [6, 6.07) is 9.76. The molecule has 0 atom stereocenters. The van der Waals surface area contributed by atoms with Crippen LogP contribution in [-0.4, -0.2) is 19.5 Å². The van der Waals surface area contributed by atoms with Crippen LogP contribution in [0.5, 0.6) is 0 Å². The summed E-state index contributed by atoms with van der Waals surface area (Å²) >= 11 is 0. The lowest BCUT2D eigenvalue weighted by Crippen LogP contribution is -2.02. The van der Waals surface area contributed by atoms with Crippen LogP contribution < -0.4 is 5.73 Å². The maximum atomic E-state index is 5.90. The van der Waals surface area contributed by atoms with Crippen LogP contribution in [0.1, 0.15) is 17.0 Å². The molecule has 0 amide bonds. The summed E-state index contributed by atoms with van der Waals surface area (Å²) in [7, 11) is 0. The van der Waals surface area contributed by atoms with Crippen LogP contribution in [0.2, 0.25) is 0 Å². The van der Waals surface area contributed by atoms with Crippen LogP contribution in [0.3, 0.4) is 0 Å². The normalized spacial score (nSPS) is 11.2. The molecule has 24 heavy (non-hydrogen) atoms. The number of aryl methyl sites for hydroxylation is 2. The van der Waals surface area contributed by atoms with Gasteiger partial charge >= 0.3 is 0 Å². The van der Waals surface area contributed by atoms with E-state index in [0.29, 0.717) is 18.1 Å². The Morgan fingerprint density at radius 2 is 2.04 bits per heavy atom. The molecule has 0 saturated carbocycles. The first-order chi connectivity index (χ1) is 11.6. The Morgan fingerprint density at radius 1 is 1.17 bits per heavy atom. The van der Waals surface area contributed by atoms with Crippen LogP contribution >= 0.6 is 0 Å². The molecular weight excluding hydrogens is 302 g/mol. The van der Waals surface area contributed by atoms with Gasteiger partial charge in [-0.15, -0.1) is 0 Å². The molecule has 0 aliphatic rings. The molecule has 0 aliphatic heterocycles. The van der Waals surface area contributed by atoms with Crippen molar-refractivity contribution in [3.63, 3.8) is 0 Å². The fraction of sp³-hybridized carbons (Fsp3) is 0.167. The average Bonchev–Trinajstić information content (AvgIpc) is 3.21. The molecule has 2 N–H and O–H groups in total. The van der Waals surface area contributed by atoms with E-state index in [4.69, 9.17) is 10.2 Å². The van der Waals surface area contributed by atoms with Gasteiger partial charge in [-0.2, -0.15) is 0 Å². The minimum Gasteiger partial charge on any atom is -0.463 e. The molecule has 3 aromatic heterocycles. The highest BCUT2D eigenvalue weighted by molar-refractivity contribution is 5.85. The van der Waals surface area contributed by atoms with E-state index in [-0.39, 0.29) is 0 Å². The maximum absolute atomic E-state index is 5.90. The predicted octanol–water partition coefficient (Wildman–Crippen LogP) is 3.33. The van der Waals surface area contributed by atoms with Gasteiger partial charge < -0.3 is 14.7 Å². The maximum Gasteiger partial charge on any atom is 0.164 e. The Bertz CT molecular complexity index is 1020. The monoisotopic (exact) mass is 319 g/mol. The summed E-state index contributed by atoms with van der Waals surface area (Å²) in [6.07, 6.45) is 3.42. The van der Waals surface area contributed by atoms with Crippen molar-refractivity contribution in [2.45, 2.75) is 20.4 Å². The van der Waals surface area contributed by atoms with Crippen LogP contribution in [0, 0.1) is 13.8 Å². The number of fused-ring (bicyclic) bond motifs is 1. The standard InChI is InChI=1S/C18H17N5O/c1-11-8-13(5-6-14(11)19)9-23-10-20-17-16(15-4-3-7-24-15)21-12(2)22-18(17)23/h3-8,10H,9,19H2,1-2H3. The van der Waals surface area contributed by atoms with E-state index in [2.05, 4.69) is 21.0 Å². The molecule has 0 spiro atoms. The van der Waals surface area contributed by atoms with Crippen LogP contribution in [-0.2, 0) is 6.54 Å². The first kappa shape index (κ1) is 14.4. The van der Waals surface area contributed by atoms with E-state index >= 15 is 0 Å². The number of anilines is 1. The van der Waals surface area contributed by atoms with Crippen molar-refractivity contribution in [1.29, 1.82) is 0 Å². The van der Waals surface area contributed by atoms with Gasteiger partial charge in [-0.1, -0.05) is 12.1 Å². The second kappa shape index (κ2) is 5.49. The largest absolute Gasteiger partial charge is 0.463 e. The fourth-order valence-corrected chi connectivity index (χ4v) is 2.79. The van der Waals surface area contributed by atoms with E-state index in [1.807, 2.05) is 42.7 Å². The van der Waals surface area contributed by atoms with Crippen molar-refractivity contribution in [1.82, 2.24) is 19.5 Å². The van der Waals surface area contributed by atoms with Crippen molar-refractivity contribution in [2.24, 2.45) is 0 Å². The summed E-state index contributed by atoms with van der Waals surface area (Å²) < 4.78 is 7.50. The zero-order valence-electron chi connectivity index (χ0n) is 13.5. The molecule has 4 rings (SSSR count). The highest BCUT2D eigenvalue weighted by Gasteiger charge is 2.15. The van der Waals surface area contributed by atoms with Gasteiger partial charge in [-0.3, -0.25) is 0 Å². The highest BCUT2D eigenvalue weighted by Crippen LogP contribution is 2.26. The molecule has 0 fully saturated rings. The number of nitrogen functional groups attached to an aromatic ring is 1. The second-order valence-electron chi connectivity index (χ2n) is 5.83. The van der Waals surface area contributed by atoms with Crippen molar-refractivity contribution in [3.05, 3.63) is 59.9 Å². The molecule has 0 bridgehead atoms. The molecule has 0 aliphatic carbocycles. The van der Waals surface area contributed by atoms with Gasteiger partial charge in [0.05, 0.1) is 19.1 Å². The number of hydrogen-bond donors (Lipinski definition) is 1. The molecule has 1 aromatic carbocycles. The molecule has 6 heteroatoms. The Labute approximate surface area is 139 Å². The third-order valence-corrected chi connectivity index (χ3v) is 4.02. The first-order valence-corrected chi connectivity index (χ1v) is 7.70. The number of furan rings is 1. The number of nitrogens with zero attached hydrogens (tertiary/aromatic N) is 4. The molecule has 3 heterocycles. The molecular formula is C18H17N5O. The minimum absolute atomic E-state index is 0.672. The van der Waals surface area contributed by atoms with Crippen LogP contribution in [0.4, 0.5) is 5.69 Å². The Morgan fingerprint density at radius 3 is 2.79 bits per heavy atom. The van der Waals surface area contributed by atoms with E-state index in [0.717, 1.165) is 33.7 Å². The minimum atomic E-state index is 0.672. The summed E-state index contributed by atoms with van der Waals surface area (Å²) in [5, 5.41) is 0. The number of rotatable bonds is 3. The number of imidazole rings is 1. The first-order valence-electron chi connectivity index (χ1n) is 7.70. The van der Waals surface area contributed by atoms with E-state index in [1.165, 1.54) is 0 Å². The quantitative estimate of drug-likeness (QED) is 0.586. The zero-order chi connectivity index (χ0) is 16.7. The predicted molar refractivity (Wildman–Crippen MR) is 92.5 cm³/mol. The SMILES string of the molecule is Cc1nc(-c2ccco2)c2ncn(Cc3ccc(N)c(C)c3)c2n1. The van der Waals surface area contributed by atoms with Crippen LogP contribution in [0.15, 0.2) is 47.3 Å². The van der Waals surface area contributed by atoms with E-state index in [9.17, 15) is 0 Å². The number of hydrogen-bond acceptors (Lipinski definition) is 5. The molecule has 0 radical (unpaired) electrons. The van der Waals surface area contributed by atoms with E-state index < -0.39 is 0 Å². The lowest BCUT2D eigenvalue weighted by atomic mass is 10.1. The molecule has 6 nitrogen and oxygen atoms in total. The van der Waals surface area contributed by atoms with Gasteiger partial charge in [-0.25, -0.2) is 15.0 Å². The second-order valence-corrected chi connectivity index (χ2v) is 5.83. The van der Waals surface area contributed by atoms with Gasteiger partial charge in [-0.05, 0) is 43.2 Å². The highest BCUT2D eigenvalue weighted by atomic mass is 16.3. The lowest BCUT2D eigenvalue weighted by molar-refractivity contribution is 0.580. The third kappa shape index (κ3) is 2.42. The van der Waals surface area contributed by atoms with Gasteiger partial charge in [0.15, 0.2) is 11.4 Å². The number of nitrogens with two attached hydrogens (primary N) is 1. The fourth-order valence-electron chi connectivity index (χ4n) is 2.79. The number of aromatic nitrogens is 4. The topological polar surface area (TPSA) is 82.8 Å². The van der Waals surface area contributed by atoms with Crippen molar-refractivity contribution in [2.75, 3.05) is 5.73 Å². The summed E-state index contributed by atoms with van der Waals surface area (Å²) in [5.41, 5.74) is 11.2. The Balaban J connectivity index is 1.81. The van der Waals surface area contributed by atoms with Gasteiger partial charge in [0.2, 0.25) is 0 Å². The van der Waals surface area contributed by atoms with Gasteiger partial charge in [0, 0.05) is 5.69 Å². The van der Waals surface area contributed by atoms with Crippen molar-refractivity contribution < 1.29 is 4.42 Å². The van der Waals surface area contributed by atoms with Gasteiger partial charge in [0.1, 0.15) is 17.0 Å². The van der Waals surface area contributed by atoms with Crippen molar-refractivity contribution in [3.8, 4) is 11.5 Å². The Kier molecular flexibility index (Phi) is 3.30. The summed E-state index contributed by atoms with van der Waals surface area (Å²) in [5.74, 6) is 1.38. The third-order valence-electron chi connectivity index (χ3n) is 4.02. The van der Waals surface area contributed by atoms with E-state index in [1.54, 1.807) is 12.6 Å². The van der Waals surface area contributed by atoms with Crippen LogP contribution in [0.25, 0.3) is 22.6 Å². The van der Waals surface area contributed by atoms with Crippen molar-refractivity contribution >= 4 is 16.9 Å². The van der Waals surface area contributed by atoms with Gasteiger partial charge in [0.25, 0.3) is 0 Å². The summed E-state index contributed by atoms with van der Waals surface area (Å²) in [6.45, 7) is 4.55. The Hall–Kier alpha value is -3.15.